The van der Waals surface area contributed by atoms with Gasteiger partial charge in [0.15, 0.2) is 5.65 Å². The van der Waals surface area contributed by atoms with Crippen LogP contribution in [0.4, 0.5) is 0 Å². The Balaban J connectivity index is 2.28. The van der Waals surface area contributed by atoms with E-state index in [9.17, 15) is 0 Å². The van der Waals surface area contributed by atoms with Crippen molar-refractivity contribution in [2.45, 2.75) is 19.9 Å². The summed E-state index contributed by atoms with van der Waals surface area (Å²) >= 11 is 1.67. The Kier molecular flexibility index (Phi) is 2.40. The molecule has 4 nitrogen and oxygen atoms in total. The van der Waals surface area contributed by atoms with Crippen molar-refractivity contribution in [1.29, 1.82) is 0 Å². The standard InChI is InChI=1S/C12H12N4S/c1-8(2)16-7-15-11-10(9-4-3-5-17-9)13-6-14-12(11)16/h3-8H,1-2H3. The number of fused-ring (bicyclic) bond motifs is 1. The second-order valence-electron chi connectivity index (χ2n) is 4.12. The second-order valence-corrected chi connectivity index (χ2v) is 5.07. The number of hydrogen-bond acceptors (Lipinski definition) is 4. The third kappa shape index (κ3) is 1.63. The zero-order valence-electron chi connectivity index (χ0n) is 9.66. The Morgan fingerprint density at radius 1 is 1.24 bits per heavy atom. The van der Waals surface area contributed by atoms with Gasteiger partial charge in [-0.1, -0.05) is 6.07 Å². The van der Waals surface area contributed by atoms with E-state index in [-0.39, 0.29) is 0 Å². The fourth-order valence-electron chi connectivity index (χ4n) is 1.82. The molecule has 5 heteroatoms. The molecular weight excluding hydrogens is 232 g/mol. The van der Waals surface area contributed by atoms with E-state index in [1.165, 1.54) is 0 Å². The lowest BCUT2D eigenvalue weighted by Gasteiger charge is -2.06. The minimum Gasteiger partial charge on any atom is -0.313 e. The molecule has 17 heavy (non-hydrogen) atoms. The molecule has 0 bridgehead atoms. The van der Waals surface area contributed by atoms with Crippen molar-refractivity contribution in [1.82, 2.24) is 19.5 Å². The molecule has 3 aromatic rings. The number of rotatable bonds is 2. The first-order valence-electron chi connectivity index (χ1n) is 5.49. The van der Waals surface area contributed by atoms with Crippen molar-refractivity contribution in [2.75, 3.05) is 0 Å². The SMILES string of the molecule is CC(C)n1cnc2c(-c3cccs3)ncnc21. The van der Waals surface area contributed by atoms with Crippen LogP contribution >= 0.6 is 11.3 Å². The molecular formula is C12H12N4S. The van der Waals surface area contributed by atoms with Gasteiger partial charge in [0.25, 0.3) is 0 Å². The summed E-state index contributed by atoms with van der Waals surface area (Å²) in [6.07, 6.45) is 3.44. The number of imidazole rings is 1. The Bertz CT molecular complexity index is 640. The summed E-state index contributed by atoms with van der Waals surface area (Å²) in [4.78, 5) is 14.2. The van der Waals surface area contributed by atoms with E-state index >= 15 is 0 Å². The minimum atomic E-state index is 0.353. The van der Waals surface area contributed by atoms with Gasteiger partial charge >= 0.3 is 0 Å². The Morgan fingerprint density at radius 3 is 2.82 bits per heavy atom. The average molecular weight is 244 g/mol. The highest BCUT2D eigenvalue weighted by Crippen LogP contribution is 2.28. The molecule has 0 aliphatic carbocycles. The van der Waals surface area contributed by atoms with Crippen LogP contribution in [0.1, 0.15) is 19.9 Å². The monoisotopic (exact) mass is 244 g/mol. The first-order valence-corrected chi connectivity index (χ1v) is 6.36. The highest BCUT2D eigenvalue weighted by molar-refractivity contribution is 7.13. The molecule has 0 saturated carbocycles. The zero-order valence-corrected chi connectivity index (χ0v) is 10.5. The summed E-state index contributed by atoms with van der Waals surface area (Å²) in [7, 11) is 0. The molecule has 0 aromatic carbocycles. The highest BCUT2D eigenvalue weighted by Gasteiger charge is 2.13. The Morgan fingerprint density at radius 2 is 2.12 bits per heavy atom. The summed E-state index contributed by atoms with van der Waals surface area (Å²) in [5.41, 5.74) is 2.70. The van der Waals surface area contributed by atoms with Crippen molar-refractivity contribution in [3.8, 4) is 10.6 Å². The maximum atomic E-state index is 4.44. The maximum absolute atomic E-state index is 4.44. The summed E-state index contributed by atoms with van der Waals surface area (Å²) in [5.74, 6) is 0. The van der Waals surface area contributed by atoms with Crippen molar-refractivity contribution >= 4 is 22.5 Å². The molecule has 0 saturated heterocycles. The van der Waals surface area contributed by atoms with Gasteiger partial charge in [-0.3, -0.25) is 0 Å². The number of thiophene rings is 1. The number of hydrogen-bond donors (Lipinski definition) is 0. The topological polar surface area (TPSA) is 43.6 Å². The number of nitrogens with zero attached hydrogens (tertiary/aromatic N) is 4. The van der Waals surface area contributed by atoms with Crippen LogP contribution < -0.4 is 0 Å². The van der Waals surface area contributed by atoms with E-state index in [0.29, 0.717) is 6.04 Å². The second kappa shape index (κ2) is 3.92. The van der Waals surface area contributed by atoms with Crippen LogP contribution in [-0.2, 0) is 0 Å². The lowest BCUT2D eigenvalue weighted by atomic mass is 10.3. The predicted molar refractivity (Wildman–Crippen MR) is 69.0 cm³/mol. The van der Waals surface area contributed by atoms with Crippen LogP contribution in [0, 0.1) is 0 Å². The van der Waals surface area contributed by atoms with Crippen molar-refractivity contribution < 1.29 is 0 Å². The van der Waals surface area contributed by atoms with Crippen LogP contribution in [0.15, 0.2) is 30.2 Å². The first kappa shape index (κ1) is 10.4. The maximum Gasteiger partial charge on any atom is 0.164 e. The molecule has 0 aliphatic rings. The molecule has 0 atom stereocenters. The average Bonchev–Trinajstić information content (AvgIpc) is 2.97. The van der Waals surface area contributed by atoms with Gasteiger partial charge in [-0.15, -0.1) is 11.3 Å². The molecule has 0 amide bonds. The highest BCUT2D eigenvalue weighted by atomic mass is 32.1. The van der Waals surface area contributed by atoms with Crippen molar-refractivity contribution in [3.05, 3.63) is 30.2 Å². The molecule has 0 radical (unpaired) electrons. The third-order valence-electron chi connectivity index (χ3n) is 2.67. The molecule has 86 valence electrons. The van der Waals surface area contributed by atoms with Gasteiger partial charge in [0.05, 0.1) is 11.2 Å². The van der Waals surface area contributed by atoms with Crippen LogP contribution in [0.3, 0.4) is 0 Å². The first-order chi connectivity index (χ1) is 8.27. The fourth-order valence-corrected chi connectivity index (χ4v) is 2.55. The quantitative estimate of drug-likeness (QED) is 0.695. The lowest BCUT2D eigenvalue weighted by Crippen LogP contribution is -2.00. The Hall–Kier alpha value is -1.75. The molecule has 0 fully saturated rings. The molecule has 0 aliphatic heterocycles. The minimum absolute atomic E-state index is 0.353. The lowest BCUT2D eigenvalue weighted by molar-refractivity contribution is 0.612. The van der Waals surface area contributed by atoms with E-state index in [0.717, 1.165) is 21.7 Å². The van der Waals surface area contributed by atoms with Gasteiger partial charge in [0, 0.05) is 6.04 Å². The van der Waals surface area contributed by atoms with Gasteiger partial charge in [-0.2, -0.15) is 0 Å². The van der Waals surface area contributed by atoms with Crippen LogP contribution in [-0.4, -0.2) is 19.5 Å². The largest absolute Gasteiger partial charge is 0.313 e. The normalized spacial score (nSPS) is 11.5. The van der Waals surface area contributed by atoms with E-state index in [4.69, 9.17) is 0 Å². The fraction of sp³-hybridized carbons (Fsp3) is 0.250. The van der Waals surface area contributed by atoms with Crippen LogP contribution in [0.25, 0.3) is 21.7 Å². The molecule has 0 unspecified atom stereocenters. The van der Waals surface area contributed by atoms with Crippen molar-refractivity contribution in [3.63, 3.8) is 0 Å². The van der Waals surface area contributed by atoms with Gasteiger partial charge in [0.2, 0.25) is 0 Å². The molecule has 3 aromatic heterocycles. The van der Waals surface area contributed by atoms with Crippen LogP contribution in [0.2, 0.25) is 0 Å². The molecule has 0 spiro atoms. The number of aromatic nitrogens is 4. The molecule has 3 rings (SSSR count). The summed E-state index contributed by atoms with van der Waals surface area (Å²) in [5, 5.41) is 2.04. The van der Waals surface area contributed by atoms with Gasteiger partial charge < -0.3 is 4.57 Å². The third-order valence-corrected chi connectivity index (χ3v) is 3.55. The van der Waals surface area contributed by atoms with E-state index in [1.54, 1.807) is 17.7 Å². The zero-order chi connectivity index (χ0) is 11.8. The molecule has 0 N–H and O–H groups in total. The van der Waals surface area contributed by atoms with Gasteiger partial charge in [-0.25, -0.2) is 15.0 Å². The Labute approximate surface area is 103 Å². The smallest absolute Gasteiger partial charge is 0.164 e. The van der Waals surface area contributed by atoms with Gasteiger partial charge in [0.1, 0.15) is 17.5 Å². The summed E-state index contributed by atoms with van der Waals surface area (Å²) in [6.45, 7) is 4.24. The van der Waals surface area contributed by atoms with Crippen LogP contribution in [0.5, 0.6) is 0 Å². The van der Waals surface area contributed by atoms with E-state index in [1.807, 2.05) is 17.8 Å². The summed E-state index contributed by atoms with van der Waals surface area (Å²) in [6, 6.07) is 4.43. The molecule has 3 heterocycles. The van der Waals surface area contributed by atoms with E-state index < -0.39 is 0 Å². The predicted octanol–water partition coefficient (Wildman–Crippen LogP) is 3.14. The van der Waals surface area contributed by atoms with Gasteiger partial charge in [-0.05, 0) is 25.3 Å². The van der Waals surface area contributed by atoms with E-state index in [2.05, 4.69) is 39.4 Å². The summed E-state index contributed by atoms with van der Waals surface area (Å²) < 4.78 is 2.06. The van der Waals surface area contributed by atoms with Crippen molar-refractivity contribution in [2.24, 2.45) is 0 Å².